The Bertz CT molecular complexity index is 519. The Morgan fingerprint density at radius 2 is 2.42 bits per heavy atom. The van der Waals surface area contributed by atoms with Crippen LogP contribution in [-0.2, 0) is 9.53 Å². The number of carbonyl (C=O) groups is 1. The minimum atomic E-state index is -1.02. The highest BCUT2D eigenvalue weighted by Crippen LogP contribution is 2.23. The molecule has 0 aromatic carbocycles. The molecule has 1 aromatic heterocycles. The first kappa shape index (κ1) is 13.2. The fourth-order valence-electron chi connectivity index (χ4n) is 1.97. The molecule has 1 fully saturated rings. The van der Waals surface area contributed by atoms with Gasteiger partial charge in [-0.3, -0.25) is 10.1 Å². The summed E-state index contributed by atoms with van der Waals surface area (Å²) in [6.45, 7) is 2.69. The highest BCUT2D eigenvalue weighted by atomic mass is 16.6. The fourth-order valence-corrected chi connectivity index (χ4v) is 1.97. The Hall–Kier alpha value is -2.22. The van der Waals surface area contributed by atoms with Gasteiger partial charge in [-0.2, -0.15) is 0 Å². The van der Waals surface area contributed by atoms with Crippen molar-refractivity contribution in [1.82, 2.24) is 4.98 Å². The summed E-state index contributed by atoms with van der Waals surface area (Å²) in [5.74, 6) is -0.468. The van der Waals surface area contributed by atoms with E-state index in [9.17, 15) is 14.9 Å². The Kier molecular flexibility index (Phi) is 3.61. The molecule has 1 aliphatic heterocycles. The lowest BCUT2D eigenvalue weighted by molar-refractivity contribution is -0.385. The molecule has 1 N–H and O–H groups in total. The molecule has 102 valence electrons. The molecule has 1 atom stereocenters. The third kappa shape index (κ3) is 2.79. The van der Waals surface area contributed by atoms with Crippen LogP contribution in [0.3, 0.4) is 0 Å². The number of ether oxygens (including phenoxy) is 1. The van der Waals surface area contributed by atoms with E-state index in [2.05, 4.69) is 4.98 Å². The van der Waals surface area contributed by atoms with Crippen molar-refractivity contribution in [2.45, 2.75) is 13.0 Å². The van der Waals surface area contributed by atoms with E-state index in [1.807, 2.05) is 0 Å². The van der Waals surface area contributed by atoms with E-state index < -0.39 is 17.0 Å². The minimum absolute atomic E-state index is 0.0794. The Labute approximate surface area is 108 Å². The van der Waals surface area contributed by atoms with Crippen molar-refractivity contribution >= 4 is 17.5 Å². The van der Waals surface area contributed by atoms with Gasteiger partial charge in [0.05, 0.1) is 18.1 Å². The van der Waals surface area contributed by atoms with E-state index in [1.54, 1.807) is 11.8 Å². The van der Waals surface area contributed by atoms with Crippen molar-refractivity contribution in [3.8, 4) is 0 Å². The molecule has 1 aliphatic rings. The van der Waals surface area contributed by atoms with Crippen molar-refractivity contribution in [3.63, 3.8) is 0 Å². The quantitative estimate of drug-likeness (QED) is 0.630. The van der Waals surface area contributed by atoms with Gasteiger partial charge in [-0.15, -0.1) is 0 Å². The SMILES string of the molecule is Cc1cc([N+](=O)[O-])cnc1N1CCOC(C(=O)O)C1. The van der Waals surface area contributed by atoms with Crippen LogP contribution in [0.4, 0.5) is 11.5 Å². The summed E-state index contributed by atoms with van der Waals surface area (Å²) in [7, 11) is 0. The van der Waals surface area contributed by atoms with Gasteiger partial charge in [0.1, 0.15) is 12.0 Å². The van der Waals surface area contributed by atoms with Crippen LogP contribution >= 0.6 is 0 Å². The molecule has 0 amide bonds. The van der Waals surface area contributed by atoms with E-state index >= 15 is 0 Å². The number of carboxylic acids is 1. The van der Waals surface area contributed by atoms with Crippen LogP contribution in [0, 0.1) is 17.0 Å². The van der Waals surface area contributed by atoms with Gasteiger partial charge in [-0.25, -0.2) is 9.78 Å². The number of nitrogens with zero attached hydrogens (tertiary/aromatic N) is 3. The molecule has 2 rings (SSSR count). The van der Waals surface area contributed by atoms with Crippen LogP contribution in [0.1, 0.15) is 5.56 Å². The number of anilines is 1. The number of morpholine rings is 1. The second kappa shape index (κ2) is 5.19. The van der Waals surface area contributed by atoms with Crippen LogP contribution < -0.4 is 4.90 Å². The molecular formula is C11H13N3O5. The van der Waals surface area contributed by atoms with E-state index in [0.29, 0.717) is 17.9 Å². The van der Waals surface area contributed by atoms with Gasteiger partial charge in [-0.1, -0.05) is 0 Å². The average molecular weight is 267 g/mol. The molecule has 0 radical (unpaired) electrons. The summed E-state index contributed by atoms with van der Waals surface area (Å²) in [4.78, 5) is 26.8. The molecule has 8 heteroatoms. The van der Waals surface area contributed by atoms with E-state index in [4.69, 9.17) is 9.84 Å². The zero-order valence-corrected chi connectivity index (χ0v) is 10.3. The number of aliphatic carboxylic acids is 1. The fraction of sp³-hybridized carbons (Fsp3) is 0.455. The van der Waals surface area contributed by atoms with Crippen LogP contribution in [0.15, 0.2) is 12.3 Å². The molecule has 1 aromatic rings. The first-order valence-electron chi connectivity index (χ1n) is 5.69. The van der Waals surface area contributed by atoms with Crippen LogP contribution in [-0.4, -0.2) is 46.8 Å². The van der Waals surface area contributed by atoms with E-state index in [-0.39, 0.29) is 18.8 Å². The average Bonchev–Trinajstić information content (AvgIpc) is 2.38. The Morgan fingerprint density at radius 3 is 3.00 bits per heavy atom. The molecule has 19 heavy (non-hydrogen) atoms. The molecule has 0 saturated carbocycles. The van der Waals surface area contributed by atoms with E-state index in [1.165, 1.54) is 12.3 Å². The van der Waals surface area contributed by atoms with Crippen LogP contribution in [0.25, 0.3) is 0 Å². The third-order valence-electron chi connectivity index (χ3n) is 2.89. The van der Waals surface area contributed by atoms with E-state index in [0.717, 1.165) is 0 Å². The first-order valence-corrected chi connectivity index (χ1v) is 5.69. The van der Waals surface area contributed by atoms with Gasteiger partial charge in [0, 0.05) is 12.6 Å². The largest absolute Gasteiger partial charge is 0.479 e. The van der Waals surface area contributed by atoms with Crippen molar-refractivity contribution in [3.05, 3.63) is 27.9 Å². The summed E-state index contributed by atoms with van der Waals surface area (Å²) >= 11 is 0. The van der Waals surface area contributed by atoms with Gasteiger partial charge in [0.2, 0.25) is 0 Å². The second-order valence-electron chi connectivity index (χ2n) is 4.23. The third-order valence-corrected chi connectivity index (χ3v) is 2.89. The van der Waals surface area contributed by atoms with Gasteiger partial charge in [0.25, 0.3) is 5.69 Å². The Balaban J connectivity index is 2.22. The highest BCUT2D eigenvalue weighted by molar-refractivity contribution is 5.73. The summed E-state index contributed by atoms with van der Waals surface area (Å²) in [6, 6.07) is 1.42. The summed E-state index contributed by atoms with van der Waals surface area (Å²) in [5, 5.41) is 19.6. The van der Waals surface area contributed by atoms with Crippen molar-refractivity contribution < 1.29 is 19.6 Å². The Morgan fingerprint density at radius 1 is 1.68 bits per heavy atom. The number of aromatic nitrogens is 1. The summed E-state index contributed by atoms with van der Waals surface area (Å²) in [5.41, 5.74) is 0.560. The topological polar surface area (TPSA) is 106 Å². The van der Waals surface area contributed by atoms with Crippen molar-refractivity contribution in [2.24, 2.45) is 0 Å². The summed E-state index contributed by atoms with van der Waals surface area (Å²) in [6.07, 6.45) is 0.276. The highest BCUT2D eigenvalue weighted by Gasteiger charge is 2.28. The van der Waals surface area contributed by atoms with Gasteiger partial charge >= 0.3 is 5.97 Å². The van der Waals surface area contributed by atoms with Crippen molar-refractivity contribution in [1.29, 1.82) is 0 Å². The first-order chi connectivity index (χ1) is 8.99. The standard InChI is InChI=1S/C11H13N3O5/c1-7-4-8(14(17)18)5-12-10(7)13-2-3-19-9(6-13)11(15)16/h4-5,9H,2-3,6H2,1H3,(H,15,16). The minimum Gasteiger partial charge on any atom is -0.479 e. The molecule has 0 bridgehead atoms. The number of hydrogen-bond acceptors (Lipinski definition) is 6. The lowest BCUT2D eigenvalue weighted by Gasteiger charge is -2.32. The second-order valence-corrected chi connectivity index (χ2v) is 4.23. The molecule has 8 nitrogen and oxygen atoms in total. The van der Waals surface area contributed by atoms with Gasteiger partial charge in [-0.05, 0) is 12.5 Å². The number of rotatable bonds is 3. The van der Waals surface area contributed by atoms with Gasteiger partial charge in [0.15, 0.2) is 6.10 Å². The molecule has 0 aliphatic carbocycles. The zero-order chi connectivity index (χ0) is 14.0. The lowest BCUT2D eigenvalue weighted by Crippen LogP contribution is -2.46. The molecule has 0 spiro atoms. The maximum absolute atomic E-state index is 10.9. The predicted molar refractivity (Wildman–Crippen MR) is 65.2 cm³/mol. The number of aryl methyl sites for hydroxylation is 1. The van der Waals surface area contributed by atoms with Crippen molar-refractivity contribution in [2.75, 3.05) is 24.6 Å². The maximum atomic E-state index is 10.9. The maximum Gasteiger partial charge on any atom is 0.334 e. The molecule has 2 heterocycles. The lowest BCUT2D eigenvalue weighted by atomic mass is 10.2. The zero-order valence-electron chi connectivity index (χ0n) is 10.3. The number of carboxylic acid groups (broad SMARTS) is 1. The smallest absolute Gasteiger partial charge is 0.334 e. The number of hydrogen-bond donors (Lipinski definition) is 1. The van der Waals surface area contributed by atoms with Gasteiger partial charge < -0.3 is 14.7 Å². The molecular weight excluding hydrogens is 254 g/mol. The monoisotopic (exact) mass is 267 g/mol. The van der Waals surface area contributed by atoms with Crippen LogP contribution in [0.5, 0.6) is 0 Å². The predicted octanol–water partition coefficient (Wildman–Crippen LogP) is 0.588. The molecule has 1 unspecified atom stereocenters. The van der Waals surface area contributed by atoms with Crippen LogP contribution in [0.2, 0.25) is 0 Å². The normalized spacial score (nSPS) is 19.2. The molecule has 1 saturated heterocycles. The summed E-state index contributed by atoms with van der Waals surface area (Å²) < 4.78 is 5.12. The number of pyridine rings is 1. The number of nitro groups is 1.